The number of hydrogen-bond donors (Lipinski definition) is 0. The van der Waals surface area contributed by atoms with Crippen LogP contribution in [0.5, 0.6) is 0 Å². The van der Waals surface area contributed by atoms with Crippen molar-refractivity contribution in [2.75, 3.05) is 49.1 Å². The smallest absolute Gasteiger partial charge is 0.253 e. The van der Waals surface area contributed by atoms with Crippen molar-refractivity contribution in [2.24, 2.45) is 0 Å². The summed E-state index contributed by atoms with van der Waals surface area (Å²) in [6, 6.07) is 11.6. The maximum absolute atomic E-state index is 12.6. The van der Waals surface area contributed by atoms with Gasteiger partial charge >= 0.3 is 0 Å². The molecule has 0 N–H and O–H groups in total. The third kappa shape index (κ3) is 4.04. The van der Waals surface area contributed by atoms with E-state index in [0.717, 1.165) is 62.3 Å². The predicted octanol–water partition coefficient (Wildman–Crippen LogP) is 2.74. The Morgan fingerprint density at radius 2 is 1.56 bits per heavy atom. The molecule has 0 atom stereocenters. The van der Waals surface area contributed by atoms with Gasteiger partial charge in [0.1, 0.15) is 5.82 Å². The lowest BCUT2D eigenvalue weighted by Crippen LogP contribution is -2.49. The topological polar surface area (TPSA) is 52.6 Å². The Hall–Kier alpha value is -2.63. The number of anilines is 2. The number of aryl methyl sites for hydroxylation is 1. The molecule has 0 unspecified atom stereocenters. The molecule has 1 aromatic carbocycles. The van der Waals surface area contributed by atoms with Gasteiger partial charge in [-0.1, -0.05) is 18.2 Å². The van der Waals surface area contributed by atoms with Gasteiger partial charge in [-0.2, -0.15) is 4.98 Å². The molecule has 6 heteroatoms. The van der Waals surface area contributed by atoms with Crippen LogP contribution in [0.3, 0.4) is 0 Å². The molecule has 2 fully saturated rings. The summed E-state index contributed by atoms with van der Waals surface area (Å²) < 4.78 is 0. The van der Waals surface area contributed by atoms with E-state index in [1.54, 1.807) is 0 Å². The van der Waals surface area contributed by atoms with Crippen LogP contribution in [0.15, 0.2) is 36.4 Å². The molecule has 27 heavy (non-hydrogen) atoms. The van der Waals surface area contributed by atoms with Crippen LogP contribution >= 0.6 is 0 Å². The van der Waals surface area contributed by atoms with E-state index in [1.807, 2.05) is 42.2 Å². The molecule has 0 radical (unpaired) electrons. The van der Waals surface area contributed by atoms with E-state index < -0.39 is 0 Å². The number of nitrogens with zero attached hydrogens (tertiary/aromatic N) is 5. The number of benzene rings is 1. The van der Waals surface area contributed by atoms with E-state index in [1.165, 1.54) is 19.3 Å². The number of hydrogen-bond acceptors (Lipinski definition) is 5. The molecule has 0 saturated carbocycles. The van der Waals surface area contributed by atoms with Crippen molar-refractivity contribution in [3.05, 3.63) is 47.7 Å². The Morgan fingerprint density at radius 3 is 2.26 bits per heavy atom. The zero-order valence-electron chi connectivity index (χ0n) is 16.0. The average Bonchev–Trinajstić information content (AvgIpc) is 2.74. The highest BCUT2D eigenvalue weighted by Crippen LogP contribution is 2.22. The van der Waals surface area contributed by atoms with Crippen LogP contribution in [-0.4, -0.2) is 60.0 Å². The summed E-state index contributed by atoms with van der Waals surface area (Å²) in [5.74, 6) is 1.95. The van der Waals surface area contributed by atoms with Gasteiger partial charge < -0.3 is 14.7 Å². The summed E-state index contributed by atoms with van der Waals surface area (Å²) in [4.78, 5) is 28.6. The largest absolute Gasteiger partial charge is 0.353 e. The molecule has 1 amide bonds. The zero-order valence-corrected chi connectivity index (χ0v) is 16.0. The predicted molar refractivity (Wildman–Crippen MR) is 107 cm³/mol. The number of carbonyl (C=O) groups is 1. The highest BCUT2D eigenvalue weighted by atomic mass is 16.2. The zero-order chi connectivity index (χ0) is 18.6. The van der Waals surface area contributed by atoms with E-state index >= 15 is 0 Å². The summed E-state index contributed by atoms with van der Waals surface area (Å²) in [5.41, 5.74) is 1.76. The monoisotopic (exact) mass is 365 g/mol. The standard InChI is InChI=1S/C21H27N5O/c1-17-16-19(23-21(22-17)26-10-6-3-7-11-26)24-12-14-25(15-13-24)20(27)18-8-4-2-5-9-18/h2,4-5,8-9,16H,3,6-7,10-15H2,1H3. The number of amides is 1. The van der Waals surface area contributed by atoms with Gasteiger partial charge in [-0.05, 0) is 38.3 Å². The maximum atomic E-state index is 12.6. The first kappa shape index (κ1) is 17.8. The molecule has 0 bridgehead atoms. The van der Waals surface area contributed by atoms with Crippen LogP contribution in [0.25, 0.3) is 0 Å². The van der Waals surface area contributed by atoms with Crippen LogP contribution in [0.4, 0.5) is 11.8 Å². The van der Waals surface area contributed by atoms with E-state index in [0.29, 0.717) is 0 Å². The highest BCUT2D eigenvalue weighted by Gasteiger charge is 2.24. The first-order valence-corrected chi connectivity index (χ1v) is 9.90. The Balaban J connectivity index is 1.43. The minimum absolute atomic E-state index is 0.114. The summed E-state index contributed by atoms with van der Waals surface area (Å²) in [6.07, 6.45) is 3.73. The molecule has 142 valence electrons. The first-order chi connectivity index (χ1) is 13.2. The lowest BCUT2D eigenvalue weighted by molar-refractivity contribution is 0.0746. The third-order valence-corrected chi connectivity index (χ3v) is 5.38. The van der Waals surface area contributed by atoms with Crippen molar-refractivity contribution in [3.8, 4) is 0 Å². The molecular weight excluding hydrogens is 338 g/mol. The summed E-state index contributed by atoms with van der Waals surface area (Å²) >= 11 is 0. The minimum Gasteiger partial charge on any atom is -0.353 e. The van der Waals surface area contributed by atoms with Crippen molar-refractivity contribution < 1.29 is 4.79 Å². The number of piperazine rings is 1. The summed E-state index contributed by atoms with van der Waals surface area (Å²) in [7, 11) is 0. The van der Waals surface area contributed by atoms with Gasteiger partial charge in [0, 0.05) is 56.6 Å². The third-order valence-electron chi connectivity index (χ3n) is 5.38. The van der Waals surface area contributed by atoms with Crippen molar-refractivity contribution in [1.29, 1.82) is 0 Å². The second-order valence-electron chi connectivity index (χ2n) is 7.36. The van der Waals surface area contributed by atoms with Gasteiger partial charge in [0.25, 0.3) is 5.91 Å². The molecule has 0 spiro atoms. The molecule has 2 aliphatic heterocycles. The molecular formula is C21H27N5O. The number of aromatic nitrogens is 2. The molecule has 3 heterocycles. The molecule has 2 aliphatic rings. The molecule has 2 aromatic rings. The molecule has 2 saturated heterocycles. The van der Waals surface area contributed by atoms with Crippen LogP contribution in [0.1, 0.15) is 35.3 Å². The van der Waals surface area contributed by atoms with Gasteiger partial charge in [-0.25, -0.2) is 4.98 Å². The van der Waals surface area contributed by atoms with Crippen molar-refractivity contribution in [2.45, 2.75) is 26.2 Å². The first-order valence-electron chi connectivity index (χ1n) is 9.90. The van der Waals surface area contributed by atoms with Crippen LogP contribution in [-0.2, 0) is 0 Å². The normalized spacial score (nSPS) is 17.9. The minimum atomic E-state index is 0.114. The fraction of sp³-hybridized carbons (Fsp3) is 0.476. The number of rotatable bonds is 3. The second-order valence-corrected chi connectivity index (χ2v) is 7.36. The highest BCUT2D eigenvalue weighted by molar-refractivity contribution is 5.94. The van der Waals surface area contributed by atoms with Crippen molar-refractivity contribution >= 4 is 17.7 Å². The quantitative estimate of drug-likeness (QED) is 0.837. The van der Waals surface area contributed by atoms with Gasteiger partial charge in [-0.15, -0.1) is 0 Å². The average molecular weight is 365 g/mol. The van der Waals surface area contributed by atoms with E-state index in [9.17, 15) is 4.79 Å². The van der Waals surface area contributed by atoms with Crippen LogP contribution < -0.4 is 9.80 Å². The molecule has 6 nitrogen and oxygen atoms in total. The Morgan fingerprint density at radius 1 is 0.852 bits per heavy atom. The lowest BCUT2D eigenvalue weighted by Gasteiger charge is -2.36. The summed E-state index contributed by atoms with van der Waals surface area (Å²) in [5, 5.41) is 0. The number of piperidine rings is 1. The molecule has 4 rings (SSSR count). The lowest BCUT2D eigenvalue weighted by atomic mass is 10.1. The van der Waals surface area contributed by atoms with Crippen molar-refractivity contribution in [3.63, 3.8) is 0 Å². The SMILES string of the molecule is Cc1cc(N2CCN(C(=O)c3ccccc3)CC2)nc(N2CCCCC2)n1. The fourth-order valence-electron chi connectivity index (χ4n) is 3.84. The Kier molecular flexibility index (Phi) is 5.23. The van der Waals surface area contributed by atoms with Gasteiger partial charge in [-0.3, -0.25) is 4.79 Å². The van der Waals surface area contributed by atoms with E-state index in [-0.39, 0.29) is 5.91 Å². The van der Waals surface area contributed by atoms with E-state index in [4.69, 9.17) is 4.98 Å². The van der Waals surface area contributed by atoms with Crippen LogP contribution in [0, 0.1) is 6.92 Å². The van der Waals surface area contributed by atoms with Gasteiger partial charge in [0.05, 0.1) is 0 Å². The number of carbonyl (C=O) groups excluding carboxylic acids is 1. The van der Waals surface area contributed by atoms with Crippen molar-refractivity contribution in [1.82, 2.24) is 14.9 Å². The fourth-order valence-corrected chi connectivity index (χ4v) is 3.84. The maximum Gasteiger partial charge on any atom is 0.253 e. The van der Waals surface area contributed by atoms with Gasteiger partial charge in [0.15, 0.2) is 0 Å². The van der Waals surface area contributed by atoms with E-state index in [2.05, 4.69) is 20.9 Å². The second kappa shape index (κ2) is 7.94. The Labute approximate surface area is 160 Å². The Bertz CT molecular complexity index is 780. The molecule has 0 aliphatic carbocycles. The van der Waals surface area contributed by atoms with Crippen LogP contribution in [0.2, 0.25) is 0 Å². The van der Waals surface area contributed by atoms with Gasteiger partial charge in [0.2, 0.25) is 5.95 Å². The molecule has 1 aromatic heterocycles. The summed E-state index contributed by atoms with van der Waals surface area (Å²) in [6.45, 7) is 7.16.